The zero-order valence-corrected chi connectivity index (χ0v) is 16.7. The Bertz CT molecular complexity index is 780. The first-order valence-corrected chi connectivity index (χ1v) is 9.23. The molecule has 0 fully saturated rings. The number of rotatable bonds is 8. The Morgan fingerprint density at radius 3 is 2.36 bits per heavy atom. The fourth-order valence-electron chi connectivity index (χ4n) is 2.49. The van der Waals surface area contributed by atoms with Crippen molar-refractivity contribution in [2.45, 2.75) is 46.9 Å². The Kier molecular flexibility index (Phi) is 7.10. The van der Waals surface area contributed by atoms with Gasteiger partial charge >= 0.3 is 6.18 Å². The quantitative estimate of drug-likeness (QED) is 0.591. The average Bonchev–Trinajstić information content (AvgIpc) is 2.60. The van der Waals surface area contributed by atoms with Gasteiger partial charge in [-0.1, -0.05) is 26.0 Å². The minimum atomic E-state index is -4.60. The number of halogens is 3. The third kappa shape index (κ3) is 5.50. The molecule has 2 rings (SSSR count). The molecule has 0 spiro atoms. The molecule has 1 aromatic carbocycles. The van der Waals surface area contributed by atoms with Crippen molar-refractivity contribution in [1.82, 2.24) is 9.97 Å². The van der Waals surface area contributed by atoms with E-state index in [0.29, 0.717) is 18.0 Å². The summed E-state index contributed by atoms with van der Waals surface area (Å²) in [5.74, 6) is 0.315. The number of nitrogens with zero attached hydrogens (tertiary/aromatic N) is 3. The first-order valence-electron chi connectivity index (χ1n) is 9.23. The molecule has 0 aliphatic rings. The van der Waals surface area contributed by atoms with Crippen LogP contribution in [-0.4, -0.2) is 29.2 Å². The van der Waals surface area contributed by atoms with E-state index in [1.807, 2.05) is 52.8 Å². The molecule has 0 atom stereocenters. The maximum absolute atomic E-state index is 13.3. The fraction of sp³-hybridized carbons (Fsp3) is 0.500. The van der Waals surface area contributed by atoms with Crippen LogP contribution in [0, 0.1) is 5.92 Å². The SMILES string of the molecule is CCN(c1ncc(C(F)(F)F)c(OCC(C)C)n1)c1ccccc1OC(C)C. The summed E-state index contributed by atoms with van der Waals surface area (Å²) in [5, 5.41) is 0. The van der Waals surface area contributed by atoms with Crippen molar-refractivity contribution in [3.63, 3.8) is 0 Å². The Morgan fingerprint density at radius 1 is 1.11 bits per heavy atom. The summed E-state index contributed by atoms with van der Waals surface area (Å²) in [6, 6.07) is 7.28. The lowest BCUT2D eigenvalue weighted by Crippen LogP contribution is -2.22. The molecular weight excluding hydrogens is 371 g/mol. The molecule has 0 amide bonds. The van der Waals surface area contributed by atoms with Gasteiger partial charge in [-0.25, -0.2) is 4.98 Å². The van der Waals surface area contributed by atoms with Gasteiger partial charge < -0.3 is 14.4 Å². The second kappa shape index (κ2) is 9.12. The van der Waals surface area contributed by atoms with Crippen LogP contribution in [0.2, 0.25) is 0 Å². The summed E-state index contributed by atoms with van der Waals surface area (Å²) in [6.45, 7) is 9.94. The highest BCUT2D eigenvalue weighted by Gasteiger charge is 2.36. The highest BCUT2D eigenvalue weighted by Crippen LogP contribution is 2.38. The smallest absolute Gasteiger partial charge is 0.423 e. The molecule has 154 valence electrons. The minimum absolute atomic E-state index is 0.0571. The number of aromatic nitrogens is 2. The number of benzene rings is 1. The first-order chi connectivity index (χ1) is 13.1. The van der Waals surface area contributed by atoms with E-state index < -0.39 is 17.6 Å². The number of hydrogen-bond acceptors (Lipinski definition) is 5. The maximum Gasteiger partial charge on any atom is 0.423 e. The monoisotopic (exact) mass is 397 g/mol. The minimum Gasteiger partial charge on any atom is -0.489 e. The van der Waals surface area contributed by atoms with Gasteiger partial charge in [-0.3, -0.25) is 0 Å². The third-order valence-electron chi connectivity index (χ3n) is 3.68. The van der Waals surface area contributed by atoms with Crippen LogP contribution in [0.4, 0.5) is 24.8 Å². The van der Waals surface area contributed by atoms with Crippen LogP contribution in [0.25, 0.3) is 0 Å². The van der Waals surface area contributed by atoms with Gasteiger partial charge in [0.15, 0.2) is 0 Å². The maximum atomic E-state index is 13.3. The number of hydrogen-bond donors (Lipinski definition) is 0. The molecule has 28 heavy (non-hydrogen) atoms. The highest BCUT2D eigenvalue weighted by atomic mass is 19.4. The molecule has 0 radical (unpaired) electrons. The van der Waals surface area contributed by atoms with Gasteiger partial charge in [-0.2, -0.15) is 18.2 Å². The van der Waals surface area contributed by atoms with E-state index in [9.17, 15) is 13.2 Å². The Morgan fingerprint density at radius 2 is 1.79 bits per heavy atom. The normalized spacial score (nSPS) is 11.8. The summed E-state index contributed by atoms with van der Waals surface area (Å²) in [7, 11) is 0. The Hall–Kier alpha value is -2.51. The number of para-hydroxylation sites is 2. The molecule has 1 heterocycles. The van der Waals surface area contributed by atoms with Crippen molar-refractivity contribution < 1.29 is 22.6 Å². The van der Waals surface area contributed by atoms with Crippen LogP contribution < -0.4 is 14.4 Å². The summed E-state index contributed by atoms with van der Waals surface area (Å²) < 4.78 is 51.2. The molecule has 0 bridgehead atoms. The lowest BCUT2D eigenvalue weighted by Gasteiger charge is -2.25. The van der Waals surface area contributed by atoms with Gasteiger partial charge in [-0.15, -0.1) is 0 Å². The third-order valence-corrected chi connectivity index (χ3v) is 3.68. The van der Waals surface area contributed by atoms with Crippen molar-refractivity contribution in [2.75, 3.05) is 18.1 Å². The molecule has 0 unspecified atom stereocenters. The van der Waals surface area contributed by atoms with E-state index in [2.05, 4.69) is 9.97 Å². The Balaban J connectivity index is 2.49. The molecule has 2 aromatic rings. The largest absolute Gasteiger partial charge is 0.489 e. The van der Waals surface area contributed by atoms with E-state index >= 15 is 0 Å². The predicted octanol–water partition coefficient (Wildman–Crippen LogP) is 5.48. The molecule has 5 nitrogen and oxygen atoms in total. The summed E-state index contributed by atoms with van der Waals surface area (Å²) in [4.78, 5) is 9.75. The highest BCUT2D eigenvalue weighted by molar-refractivity contribution is 5.65. The molecule has 1 aromatic heterocycles. The molecular formula is C20H26F3N3O2. The molecule has 0 N–H and O–H groups in total. The second-order valence-corrected chi connectivity index (χ2v) is 6.97. The second-order valence-electron chi connectivity index (χ2n) is 6.97. The average molecular weight is 397 g/mol. The first kappa shape index (κ1) is 21.8. The van der Waals surface area contributed by atoms with Gasteiger partial charge in [-0.05, 0) is 38.8 Å². The van der Waals surface area contributed by atoms with Crippen LogP contribution in [0.3, 0.4) is 0 Å². The lowest BCUT2D eigenvalue weighted by molar-refractivity contribution is -0.139. The molecule has 8 heteroatoms. The van der Waals surface area contributed by atoms with Crippen molar-refractivity contribution in [3.05, 3.63) is 36.0 Å². The zero-order valence-electron chi connectivity index (χ0n) is 16.7. The van der Waals surface area contributed by atoms with Crippen LogP contribution in [0.15, 0.2) is 30.5 Å². The zero-order chi connectivity index (χ0) is 20.9. The molecule has 0 saturated heterocycles. The van der Waals surface area contributed by atoms with Gasteiger partial charge in [0, 0.05) is 12.7 Å². The van der Waals surface area contributed by atoms with Crippen molar-refractivity contribution >= 4 is 11.6 Å². The number of ether oxygens (including phenoxy) is 2. The van der Waals surface area contributed by atoms with Crippen molar-refractivity contribution in [3.8, 4) is 11.6 Å². The fourth-order valence-corrected chi connectivity index (χ4v) is 2.49. The lowest BCUT2D eigenvalue weighted by atomic mass is 10.2. The number of alkyl halides is 3. The van der Waals surface area contributed by atoms with Crippen molar-refractivity contribution in [1.29, 1.82) is 0 Å². The molecule has 0 aliphatic heterocycles. The van der Waals surface area contributed by atoms with Crippen LogP contribution >= 0.6 is 0 Å². The predicted molar refractivity (Wildman–Crippen MR) is 102 cm³/mol. The number of anilines is 2. The van der Waals surface area contributed by atoms with E-state index in [4.69, 9.17) is 9.47 Å². The topological polar surface area (TPSA) is 47.5 Å². The summed E-state index contributed by atoms with van der Waals surface area (Å²) in [5.41, 5.74) is -0.312. The van der Waals surface area contributed by atoms with E-state index in [1.165, 1.54) is 0 Å². The van der Waals surface area contributed by atoms with Crippen LogP contribution in [0.1, 0.15) is 40.2 Å². The van der Waals surface area contributed by atoms with Crippen molar-refractivity contribution in [2.24, 2.45) is 5.92 Å². The standard InChI is InChI=1S/C20H26F3N3O2/c1-6-26(16-9-7-8-10-17(16)28-14(4)5)19-24-11-15(20(21,22)23)18(25-19)27-12-13(2)3/h7-11,13-14H,6,12H2,1-5H3. The van der Waals surface area contributed by atoms with E-state index in [-0.39, 0.29) is 24.6 Å². The molecule has 0 aliphatic carbocycles. The van der Waals surface area contributed by atoms with Crippen LogP contribution in [0.5, 0.6) is 11.6 Å². The van der Waals surface area contributed by atoms with Gasteiger partial charge in [0.1, 0.15) is 11.3 Å². The Labute approximate surface area is 163 Å². The molecule has 0 saturated carbocycles. The van der Waals surface area contributed by atoms with Gasteiger partial charge in [0.05, 0.1) is 18.4 Å². The van der Waals surface area contributed by atoms with Gasteiger partial charge in [0.2, 0.25) is 11.8 Å². The van der Waals surface area contributed by atoms with Crippen LogP contribution in [-0.2, 0) is 6.18 Å². The summed E-state index contributed by atoms with van der Waals surface area (Å²) >= 11 is 0. The summed E-state index contributed by atoms with van der Waals surface area (Å²) in [6.07, 6.45) is -3.88. The van der Waals surface area contributed by atoms with E-state index in [1.54, 1.807) is 11.0 Å². The van der Waals surface area contributed by atoms with Gasteiger partial charge in [0.25, 0.3) is 0 Å². The van der Waals surface area contributed by atoms with E-state index in [0.717, 1.165) is 6.20 Å².